The Balaban J connectivity index is 0.000000774. The van der Waals surface area contributed by atoms with Gasteiger partial charge in [0, 0.05) is 5.56 Å². The second kappa shape index (κ2) is 7.39. The molecule has 0 amide bonds. The van der Waals surface area contributed by atoms with Crippen molar-refractivity contribution in [2.45, 2.75) is 27.2 Å². The van der Waals surface area contributed by atoms with Crippen molar-refractivity contribution in [2.75, 3.05) is 0 Å². The molecule has 0 unspecified atom stereocenters. The van der Waals surface area contributed by atoms with Gasteiger partial charge in [0.05, 0.1) is 17.6 Å². The van der Waals surface area contributed by atoms with Crippen molar-refractivity contribution in [3.05, 3.63) is 66.4 Å². The molecule has 0 aliphatic heterocycles. The number of nitrogens with zero attached hydrogens (tertiary/aromatic N) is 3. The van der Waals surface area contributed by atoms with Gasteiger partial charge < -0.3 is 0 Å². The molecule has 0 saturated heterocycles. The summed E-state index contributed by atoms with van der Waals surface area (Å²) in [6.07, 6.45) is 2.84. The maximum absolute atomic E-state index is 4.18. The fourth-order valence-corrected chi connectivity index (χ4v) is 2.10. The molecule has 0 aliphatic carbocycles. The summed E-state index contributed by atoms with van der Waals surface area (Å²) in [7, 11) is 0. The Morgan fingerprint density at radius 1 is 0.905 bits per heavy atom. The molecule has 2 aromatic carbocycles. The van der Waals surface area contributed by atoms with Crippen molar-refractivity contribution in [1.82, 2.24) is 15.0 Å². The topological polar surface area (TPSA) is 30.7 Å². The zero-order valence-electron chi connectivity index (χ0n) is 12.8. The fraction of sp³-hybridized carbons (Fsp3) is 0.222. The number of benzene rings is 2. The van der Waals surface area contributed by atoms with Gasteiger partial charge in [0.15, 0.2) is 0 Å². The van der Waals surface area contributed by atoms with Crippen LogP contribution in [-0.4, -0.2) is 15.0 Å². The van der Waals surface area contributed by atoms with Gasteiger partial charge in [-0.15, -0.1) is 5.10 Å². The molecule has 0 aliphatic rings. The van der Waals surface area contributed by atoms with E-state index in [-0.39, 0.29) is 0 Å². The maximum atomic E-state index is 4.18. The van der Waals surface area contributed by atoms with E-state index in [1.54, 1.807) is 6.20 Å². The molecule has 1 aromatic heterocycles. The summed E-state index contributed by atoms with van der Waals surface area (Å²) in [6, 6.07) is 18.6. The second-order valence-corrected chi connectivity index (χ2v) is 4.42. The lowest BCUT2D eigenvalue weighted by atomic mass is 10.1. The van der Waals surface area contributed by atoms with Crippen molar-refractivity contribution in [3.8, 4) is 16.9 Å². The summed E-state index contributed by atoms with van der Waals surface area (Å²) < 4.78 is 1.87. The van der Waals surface area contributed by atoms with Gasteiger partial charge in [-0.05, 0) is 24.1 Å². The summed E-state index contributed by atoms with van der Waals surface area (Å²) >= 11 is 0. The van der Waals surface area contributed by atoms with E-state index >= 15 is 0 Å². The Bertz CT molecular complexity index is 654. The second-order valence-electron chi connectivity index (χ2n) is 4.42. The van der Waals surface area contributed by atoms with Crippen LogP contribution in [0.25, 0.3) is 16.9 Å². The SMILES string of the molecule is CC.CCc1ccc(-n2nncc2-c2ccccc2)cc1. The highest BCUT2D eigenvalue weighted by Gasteiger charge is 2.07. The number of hydrogen-bond donors (Lipinski definition) is 0. The normalized spacial score (nSPS) is 9.86. The number of aryl methyl sites for hydroxylation is 1. The van der Waals surface area contributed by atoms with Gasteiger partial charge in [-0.3, -0.25) is 0 Å². The predicted octanol–water partition coefficient (Wildman–Crippen LogP) is 4.52. The van der Waals surface area contributed by atoms with Crippen molar-refractivity contribution in [1.29, 1.82) is 0 Å². The summed E-state index contributed by atoms with van der Waals surface area (Å²) in [6.45, 7) is 6.15. The van der Waals surface area contributed by atoms with Gasteiger partial charge in [0.2, 0.25) is 0 Å². The molecule has 0 atom stereocenters. The molecule has 0 N–H and O–H groups in total. The molecule has 3 aromatic rings. The van der Waals surface area contributed by atoms with E-state index in [1.165, 1.54) is 5.56 Å². The Hall–Kier alpha value is -2.42. The molecular weight excluding hydrogens is 258 g/mol. The molecule has 0 bridgehead atoms. The maximum Gasteiger partial charge on any atom is 0.0944 e. The minimum atomic E-state index is 1.00. The Kier molecular flexibility index (Phi) is 5.27. The molecule has 0 saturated carbocycles. The highest BCUT2D eigenvalue weighted by atomic mass is 15.4. The summed E-state index contributed by atoms with van der Waals surface area (Å²) in [5.74, 6) is 0. The van der Waals surface area contributed by atoms with Crippen LogP contribution in [0.2, 0.25) is 0 Å². The largest absolute Gasteiger partial charge is 0.213 e. The lowest BCUT2D eigenvalue weighted by Gasteiger charge is -2.06. The van der Waals surface area contributed by atoms with Crippen molar-refractivity contribution >= 4 is 0 Å². The molecule has 0 fully saturated rings. The Morgan fingerprint density at radius 2 is 1.57 bits per heavy atom. The van der Waals surface area contributed by atoms with E-state index in [2.05, 4.69) is 53.6 Å². The van der Waals surface area contributed by atoms with E-state index in [0.29, 0.717) is 0 Å². The van der Waals surface area contributed by atoms with Crippen molar-refractivity contribution in [3.63, 3.8) is 0 Å². The zero-order chi connectivity index (χ0) is 15.1. The quantitative estimate of drug-likeness (QED) is 0.705. The zero-order valence-corrected chi connectivity index (χ0v) is 12.8. The van der Waals surface area contributed by atoms with Crippen LogP contribution in [0, 0.1) is 0 Å². The number of hydrogen-bond acceptors (Lipinski definition) is 2. The van der Waals surface area contributed by atoms with Gasteiger partial charge in [-0.2, -0.15) is 0 Å². The van der Waals surface area contributed by atoms with Crippen LogP contribution in [0.3, 0.4) is 0 Å². The van der Waals surface area contributed by atoms with Crippen LogP contribution < -0.4 is 0 Å². The highest BCUT2D eigenvalue weighted by Crippen LogP contribution is 2.21. The first-order valence-electron chi connectivity index (χ1n) is 7.44. The third-order valence-electron chi connectivity index (χ3n) is 3.21. The molecule has 0 spiro atoms. The molecule has 3 nitrogen and oxygen atoms in total. The minimum absolute atomic E-state index is 1.00. The van der Waals surface area contributed by atoms with Gasteiger partial charge in [-0.25, -0.2) is 4.68 Å². The lowest BCUT2D eigenvalue weighted by Crippen LogP contribution is -1.99. The molecular formula is C18H21N3. The van der Waals surface area contributed by atoms with Gasteiger partial charge >= 0.3 is 0 Å². The molecule has 3 heteroatoms. The Morgan fingerprint density at radius 3 is 2.19 bits per heavy atom. The lowest BCUT2D eigenvalue weighted by molar-refractivity contribution is 0.807. The van der Waals surface area contributed by atoms with Gasteiger partial charge in [0.25, 0.3) is 0 Å². The fourth-order valence-electron chi connectivity index (χ4n) is 2.10. The van der Waals surface area contributed by atoms with Crippen LogP contribution >= 0.6 is 0 Å². The first-order chi connectivity index (χ1) is 10.4. The molecule has 21 heavy (non-hydrogen) atoms. The predicted molar refractivity (Wildman–Crippen MR) is 87.5 cm³/mol. The van der Waals surface area contributed by atoms with Gasteiger partial charge in [-0.1, -0.05) is 68.4 Å². The Labute approximate surface area is 126 Å². The summed E-state index contributed by atoms with van der Waals surface area (Å²) in [5.41, 5.74) is 4.48. The summed E-state index contributed by atoms with van der Waals surface area (Å²) in [4.78, 5) is 0. The third kappa shape index (κ3) is 3.37. The van der Waals surface area contributed by atoms with Crippen LogP contribution in [0.4, 0.5) is 0 Å². The molecule has 1 heterocycles. The van der Waals surface area contributed by atoms with Crippen LogP contribution in [0.5, 0.6) is 0 Å². The first kappa shape index (κ1) is 15.0. The van der Waals surface area contributed by atoms with Crippen molar-refractivity contribution in [2.24, 2.45) is 0 Å². The smallest absolute Gasteiger partial charge is 0.0944 e. The minimum Gasteiger partial charge on any atom is -0.213 e. The number of aromatic nitrogens is 3. The van der Waals surface area contributed by atoms with Gasteiger partial charge in [0.1, 0.15) is 0 Å². The third-order valence-corrected chi connectivity index (χ3v) is 3.21. The van der Waals surface area contributed by atoms with Crippen LogP contribution in [0.1, 0.15) is 26.3 Å². The van der Waals surface area contributed by atoms with E-state index in [1.807, 2.05) is 36.7 Å². The number of rotatable bonds is 3. The van der Waals surface area contributed by atoms with Crippen LogP contribution in [0.15, 0.2) is 60.8 Å². The van der Waals surface area contributed by atoms with E-state index in [4.69, 9.17) is 0 Å². The van der Waals surface area contributed by atoms with E-state index < -0.39 is 0 Å². The average Bonchev–Trinajstić information content (AvgIpc) is 3.07. The van der Waals surface area contributed by atoms with E-state index in [9.17, 15) is 0 Å². The molecule has 3 rings (SSSR count). The van der Waals surface area contributed by atoms with Crippen molar-refractivity contribution < 1.29 is 0 Å². The summed E-state index contributed by atoms with van der Waals surface area (Å²) in [5, 5.41) is 8.22. The monoisotopic (exact) mass is 279 g/mol. The molecule has 108 valence electrons. The average molecular weight is 279 g/mol. The standard InChI is InChI=1S/C16H15N3.C2H6/c1-2-13-8-10-15(11-9-13)19-16(12-17-18-19)14-6-4-3-5-7-14;1-2/h3-12H,2H2,1H3;1-2H3. The van der Waals surface area contributed by atoms with E-state index in [0.717, 1.165) is 23.4 Å². The molecule has 0 radical (unpaired) electrons. The van der Waals surface area contributed by atoms with Crippen LogP contribution in [-0.2, 0) is 6.42 Å². The first-order valence-corrected chi connectivity index (χ1v) is 7.44. The highest BCUT2D eigenvalue weighted by molar-refractivity contribution is 5.60.